The van der Waals surface area contributed by atoms with Gasteiger partial charge in [0.15, 0.2) is 0 Å². The third kappa shape index (κ3) is 5.16. The van der Waals surface area contributed by atoms with Crippen LogP contribution in [0.2, 0.25) is 0 Å². The van der Waals surface area contributed by atoms with Gasteiger partial charge in [-0.2, -0.15) is 0 Å². The summed E-state index contributed by atoms with van der Waals surface area (Å²) in [4.78, 5) is 24.2. The molecule has 6 nitrogen and oxygen atoms in total. The number of carbonyl (C=O) groups excluding carboxylic acids is 2. The second kappa shape index (κ2) is 9.00. The lowest BCUT2D eigenvalue weighted by Crippen LogP contribution is -2.46. The molecule has 3 rings (SSSR count). The first-order chi connectivity index (χ1) is 14.9. The largest absolute Gasteiger partial charge is 0.494 e. The van der Waals surface area contributed by atoms with E-state index in [1.807, 2.05) is 39.8 Å². The highest BCUT2D eigenvalue weighted by Gasteiger charge is 2.51. The SMILES string of the molecule is CC1(C)OB(c2ccc(C[C@H](NC(=O)Cc3c(F)cccc3F)C(N)=O)cc2)OC1(C)C. The summed E-state index contributed by atoms with van der Waals surface area (Å²) in [5.74, 6) is -3.10. The van der Waals surface area contributed by atoms with Crippen molar-refractivity contribution in [1.29, 1.82) is 0 Å². The monoisotopic (exact) mass is 444 g/mol. The minimum atomic E-state index is -1.03. The lowest BCUT2D eigenvalue weighted by Gasteiger charge is -2.32. The maximum atomic E-state index is 13.8. The smallest absolute Gasteiger partial charge is 0.399 e. The first-order valence-corrected chi connectivity index (χ1v) is 10.4. The van der Waals surface area contributed by atoms with Crippen molar-refractivity contribution in [2.45, 2.75) is 57.8 Å². The van der Waals surface area contributed by atoms with Crippen LogP contribution in [0.3, 0.4) is 0 Å². The predicted octanol–water partition coefficient (Wildman–Crippen LogP) is 2.02. The van der Waals surface area contributed by atoms with Gasteiger partial charge in [0, 0.05) is 12.0 Å². The zero-order chi connectivity index (χ0) is 23.7. The molecule has 32 heavy (non-hydrogen) atoms. The van der Waals surface area contributed by atoms with E-state index in [-0.39, 0.29) is 12.0 Å². The Balaban J connectivity index is 1.65. The number of benzene rings is 2. The highest BCUT2D eigenvalue weighted by Crippen LogP contribution is 2.36. The van der Waals surface area contributed by atoms with Crippen molar-refractivity contribution in [3.63, 3.8) is 0 Å². The zero-order valence-corrected chi connectivity index (χ0v) is 18.6. The summed E-state index contributed by atoms with van der Waals surface area (Å²) in [5.41, 5.74) is 5.71. The van der Waals surface area contributed by atoms with Gasteiger partial charge in [-0.05, 0) is 50.9 Å². The van der Waals surface area contributed by atoms with Crippen LogP contribution in [-0.2, 0) is 31.7 Å². The van der Waals surface area contributed by atoms with Crippen LogP contribution >= 0.6 is 0 Å². The van der Waals surface area contributed by atoms with E-state index in [0.29, 0.717) is 0 Å². The lowest BCUT2D eigenvalue weighted by atomic mass is 9.78. The summed E-state index contributed by atoms with van der Waals surface area (Å²) in [5, 5.41) is 2.46. The van der Waals surface area contributed by atoms with E-state index in [0.717, 1.165) is 23.2 Å². The van der Waals surface area contributed by atoms with E-state index in [1.165, 1.54) is 6.07 Å². The van der Waals surface area contributed by atoms with Crippen LogP contribution < -0.4 is 16.5 Å². The number of hydrogen-bond acceptors (Lipinski definition) is 4. The lowest BCUT2D eigenvalue weighted by molar-refractivity contribution is -0.127. The summed E-state index contributed by atoms with van der Waals surface area (Å²) in [6.45, 7) is 7.87. The van der Waals surface area contributed by atoms with Gasteiger partial charge in [0.25, 0.3) is 0 Å². The van der Waals surface area contributed by atoms with Crippen molar-refractivity contribution < 1.29 is 27.7 Å². The molecule has 0 bridgehead atoms. The van der Waals surface area contributed by atoms with Gasteiger partial charge in [0.05, 0.1) is 17.6 Å². The number of primary amides is 1. The van der Waals surface area contributed by atoms with Gasteiger partial charge in [-0.3, -0.25) is 9.59 Å². The molecule has 1 fully saturated rings. The van der Waals surface area contributed by atoms with E-state index < -0.39 is 54.2 Å². The molecule has 1 aliphatic rings. The fourth-order valence-electron chi connectivity index (χ4n) is 3.36. The van der Waals surface area contributed by atoms with Gasteiger partial charge in [0.2, 0.25) is 11.8 Å². The fraction of sp³-hybridized carbons (Fsp3) is 0.391. The van der Waals surface area contributed by atoms with Crippen LogP contribution in [0.15, 0.2) is 42.5 Å². The second-order valence-corrected chi connectivity index (χ2v) is 8.93. The zero-order valence-electron chi connectivity index (χ0n) is 18.6. The van der Waals surface area contributed by atoms with Crippen molar-refractivity contribution in [2.75, 3.05) is 0 Å². The molecule has 2 aromatic rings. The van der Waals surface area contributed by atoms with Gasteiger partial charge in [-0.1, -0.05) is 30.3 Å². The van der Waals surface area contributed by atoms with Crippen LogP contribution in [0, 0.1) is 11.6 Å². The van der Waals surface area contributed by atoms with E-state index in [4.69, 9.17) is 15.0 Å². The number of nitrogens with one attached hydrogen (secondary N) is 1. The molecule has 0 unspecified atom stereocenters. The minimum Gasteiger partial charge on any atom is -0.399 e. The first-order valence-electron chi connectivity index (χ1n) is 10.4. The van der Waals surface area contributed by atoms with Crippen LogP contribution in [0.1, 0.15) is 38.8 Å². The van der Waals surface area contributed by atoms with E-state index in [2.05, 4.69) is 5.32 Å². The van der Waals surface area contributed by atoms with Crippen LogP contribution in [0.5, 0.6) is 0 Å². The fourth-order valence-corrected chi connectivity index (χ4v) is 3.36. The minimum absolute atomic E-state index is 0.129. The van der Waals surface area contributed by atoms with Gasteiger partial charge >= 0.3 is 7.12 Å². The molecule has 1 atom stereocenters. The molecule has 1 saturated heterocycles. The highest BCUT2D eigenvalue weighted by atomic mass is 19.1. The quantitative estimate of drug-likeness (QED) is 0.640. The summed E-state index contributed by atoms with van der Waals surface area (Å²) in [7, 11) is -0.517. The maximum Gasteiger partial charge on any atom is 0.494 e. The van der Waals surface area contributed by atoms with Gasteiger partial charge in [-0.25, -0.2) is 8.78 Å². The number of nitrogens with two attached hydrogens (primary N) is 1. The Kier molecular flexibility index (Phi) is 6.71. The van der Waals surface area contributed by atoms with Gasteiger partial charge < -0.3 is 20.4 Å². The van der Waals surface area contributed by atoms with E-state index in [9.17, 15) is 18.4 Å². The third-order valence-electron chi connectivity index (χ3n) is 6.02. The van der Waals surface area contributed by atoms with Crippen molar-refractivity contribution in [1.82, 2.24) is 5.32 Å². The molecule has 0 spiro atoms. The molecule has 9 heteroatoms. The molecule has 2 amide bonds. The maximum absolute atomic E-state index is 13.8. The summed E-state index contributed by atoms with van der Waals surface area (Å²) in [6.07, 6.45) is -0.409. The number of carbonyl (C=O) groups is 2. The van der Waals surface area contributed by atoms with Crippen molar-refractivity contribution >= 4 is 24.4 Å². The molecule has 0 aliphatic carbocycles. The standard InChI is InChI=1S/C23H27BF2N2O4/c1-22(2)23(3,4)32-24(31-22)15-10-8-14(9-11-15)12-19(21(27)30)28-20(29)13-16-17(25)6-5-7-18(16)26/h5-11,19H,12-13H2,1-4H3,(H2,27,30)(H,28,29)/t19-/m0/s1. The highest BCUT2D eigenvalue weighted by molar-refractivity contribution is 6.62. The second-order valence-electron chi connectivity index (χ2n) is 8.93. The topological polar surface area (TPSA) is 90.6 Å². The molecule has 3 N–H and O–H groups in total. The molecule has 0 saturated carbocycles. The van der Waals surface area contributed by atoms with Crippen LogP contribution in [0.4, 0.5) is 8.78 Å². The van der Waals surface area contributed by atoms with Crippen molar-refractivity contribution in [3.05, 3.63) is 65.2 Å². The van der Waals surface area contributed by atoms with Crippen LogP contribution in [-0.4, -0.2) is 36.2 Å². The van der Waals surface area contributed by atoms with Crippen molar-refractivity contribution in [2.24, 2.45) is 5.73 Å². The van der Waals surface area contributed by atoms with Gasteiger partial charge in [-0.15, -0.1) is 0 Å². The number of hydrogen-bond donors (Lipinski definition) is 2. The first kappa shape index (κ1) is 23.9. The Morgan fingerprint density at radius 3 is 2.03 bits per heavy atom. The van der Waals surface area contributed by atoms with Crippen molar-refractivity contribution in [3.8, 4) is 0 Å². The average molecular weight is 444 g/mol. The Morgan fingerprint density at radius 1 is 1.00 bits per heavy atom. The molecular formula is C23H27BF2N2O4. The van der Waals surface area contributed by atoms with Crippen LogP contribution in [0.25, 0.3) is 0 Å². The number of halogens is 2. The number of amides is 2. The molecule has 0 aromatic heterocycles. The number of rotatable bonds is 7. The Morgan fingerprint density at radius 2 is 1.53 bits per heavy atom. The molecule has 170 valence electrons. The summed E-state index contributed by atoms with van der Waals surface area (Å²) in [6, 6.07) is 9.55. The predicted molar refractivity (Wildman–Crippen MR) is 117 cm³/mol. The Hall–Kier alpha value is -2.78. The molecule has 1 aliphatic heterocycles. The van der Waals surface area contributed by atoms with E-state index in [1.54, 1.807) is 12.1 Å². The normalized spacial score (nSPS) is 17.8. The van der Waals surface area contributed by atoms with Gasteiger partial charge in [0.1, 0.15) is 17.7 Å². The Bertz CT molecular complexity index is 975. The summed E-state index contributed by atoms with van der Waals surface area (Å²) >= 11 is 0. The van der Waals surface area contributed by atoms with E-state index >= 15 is 0 Å². The summed E-state index contributed by atoms with van der Waals surface area (Å²) < 4.78 is 39.6. The molecule has 2 aromatic carbocycles. The molecule has 1 heterocycles. The molecule has 0 radical (unpaired) electrons. The average Bonchev–Trinajstić information content (AvgIpc) is 2.92. The third-order valence-corrected chi connectivity index (χ3v) is 6.02. The Labute approximate surface area is 186 Å². The molecular weight excluding hydrogens is 417 g/mol.